The number of rotatable bonds is 3. The van der Waals surface area contributed by atoms with Crippen molar-refractivity contribution in [3.05, 3.63) is 0 Å². The highest BCUT2D eigenvalue weighted by Crippen LogP contribution is 2.29. The summed E-state index contributed by atoms with van der Waals surface area (Å²) in [6.07, 6.45) is 0.202. The Morgan fingerprint density at radius 1 is 1.42 bits per heavy atom. The van der Waals surface area contributed by atoms with Gasteiger partial charge in [0.05, 0.1) is 6.61 Å². The van der Waals surface area contributed by atoms with Gasteiger partial charge < -0.3 is 0 Å². The third kappa shape index (κ3) is 5.81. The van der Waals surface area contributed by atoms with Crippen LogP contribution in [0.2, 0.25) is 0 Å². The van der Waals surface area contributed by atoms with Gasteiger partial charge in [0.25, 0.3) is 0 Å². The Balaban J connectivity index is 2.73. The van der Waals surface area contributed by atoms with Crippen molar-refractivity contribution in [2.75, 3.05) is 6.61 Å². The molecule has 1 N–H and O–H groups in total. The highest BCUT2D eigenvalue weighted by molar-refractivity contribution is 8.14. The van der Waals surface area contributed by atoms with E-state index in [9.17, 15) is 13.2 Å². The average Bonchev–Trinajstić information content (AvgIpc) is 2.11. The molecule has 0 bridgehead atoms. The molecule has 1 aliphatic rings. The van der Waals surface area contributed by atoms with Gasteiger partial charge in [0.1, 0.15) is 0 Å². The van der Waals surface area contributed by atoms with Crippen LogP contribution in [0.1, 0.15) is 41.0 Å². The fourth-order valence-corrected chi connectivity index (χ4v) is 3.98. The van der Waals surface area contributed by atoms with Gasteiger partial charge in [-0.1, -0.05) is 46.4 Å². The Kier molecular flexibility index (Phi) is 5.45. The van der Waals surface area contributed by atoms with Crippen LogP contribution in [0.25, 0.3) is 0 Å². The molecule has 1 aliphatic heterocycles. The van der Waals surface area contributed by atoms with Gasteiger partial charge in [-0.3, -0.25) is 8.98 Å². The molecular formula is C12H23NO4S2. The molecule has 2 unspecified atom stereocenters. The lowest BCUT2D eigenvalue weighted by atomic mass is 9.88. The summed E-state index contributed by atoms with van der Waals surface area (Å²) < 4.78 is 30.0. The lowest BCUT2D eigenvalue weighted by Crippen LogP contribution is -2.50. The van der Waals surface area contributed by atoms with Crippen molar-refractivity contribution >= 4 is 27.2 Å². The maximum Gasteiger partial charge on any atom is 0.336 e. The summed E-state index contributed by atoms with van der Waals surface area (Å²) in [5.41, 5.74) is 0. The molecule has 5 nitrogen and oxygen atoms in total. The highest BCUT2D eigenvalue weighted by atomic mass is 32.2. The first-order chi connectivity index (χ1) is 8.50. The number of nitrogens with one attached hydrogen (secondary N) is 1. The van der Waals surface area contributed by atoms with Crippen molar-refractivity contribution in [3.63, 3.8) is 0 Å². The Morgan fingerprint density at radius 2 is 2.00 bits per heavy atom. The maximum absolute atomic E-state index is 12.0. The van der Waals surface area contributed by atoms with Gasteiger partial charge in [0.15, 0.2) is 5.12 Å². The Hall–Kier alpha value is -0.110. The van der Waals surface area contributed by atoms with Gasteiger partial charge in [-0.05, 0) is 5.92 Å². The van der Waals surface area contributed by atoms with Crippen molar-refractivity contribution in [2.24, 2.45) is 11.8 Å². The molecule has 2 atom stereocenters. The average molecular weight is 309 g/mol. The van der Waals surface area contributed by atoms with Crippen LogP contribution >= 0.6 is 11.8 Å². The zero-order valence-electron chi connectivity index (χ0n) is 12.1. The normalized spacial score (nSPS) is 27.5. The summed E-state index contributed by atoms with van der Waals surface area (Å²) in [6.45, 7) is 10.0. The predicted molar refractivity (Wildman–Crippen MR) is 77.1 cm³/mol. The molecule has 1 rings (SSSR count). The van der Waals surface area contributed by atoms with Crippen LogP contribution in [0.3, 0.4) is 0 Å². The van der Waals surface area contributed by atoms with Crippen LogP contribution in [0.15, 0.2) is 0 Å². The van der Waals surface area contributed by atoms with E-state index < -0.39 is 10.3 Å². The second-order valence-electron chi connectivity index (χ2n) is 6.16. The molecule has 1 heterocycles. The standard InChI is InChI=1S/C12H23NO4S2/c1-8(2)9-7-17-19(15,16)13-10(9)6-11(14)18-12(3,4)5/h8-10,13H,6-7H2,1-5H3. The first-order valence-corrected chi connectivity index (χ1v) is 8.61. The quantitative estimate of drug-likeness (QED) is 0.862. The van der Waals surface area contributed by atoms with E-state index in [1.807, 2.05) is 34.6 Å². The molecule has 0 aromatic carbocycles. The molecule has 0 aliphatic carbocycles. The van der Waals surface area contributed by atoms with Gasteiger partial charge in [0.2, 0.25) is 0 Å². The third-order valence-corrected chi connectivity index (χ3v) is 4.94. The second kappa shape index (κ2) is 6.11. The highest BCUT2D eigenvalue weighted by Gasteiger charge is 2.36. The van der Waals surface area contributed by atoms with Crippen molar-refractivity contribution < 1.29 is 17.4 Å². The fourth-order valence-electron chi connectivity index (χ4n) is 2.00. The van der Waals surface area contributed by atoms with E-state index in [2.05, 4.69) is 4.72 Å². The van der Waals surface area contributed by atoms with Crippen LogP contribution < -0.4 is 4.72 Å². The van der Waals surface area contributed by atoms with Crippen LogP contribution in [0.5, 0.6) is 0 Å². The first-order valence-electron chi connectivity index (χ1n) is 6.39. The van der Waals surface area contributed by atoms with E-state index in [1.165, 1.54) is 11.8 Å². The summed E-state index contributed by atoms with van der Waals surface area (Å²) >= 11 is 1.25. The summed E-state index contributed by atoms with van der Waals surface area (Å²) in [7, 11) is -3.70. The van der Waals surface area contributed by atoms with E-state index in [4.69, 9.17) is 4.18 Å². The van der Waals surface area contributed by atoms with Crippen LogP contribution in [-0.2, 0) is 19.3 Å². The van der Waals surface area contributed by atoms with E-state index in [1.54, 1.807) is 0 Å². The van der Waals surface area contributed by atoms with Crippen molar-refractivity contribution in [1.29, 1.82) is 0 Å². The molecule has 112 valence electrons. The molecule has 1 fully saturated rings. The topological polar surface area (TPSA) is 72.5 Å². The van der Waals surface area contributed by atoms with E-state index in [-0.39, 0.29) is 40.8 Å². The fraction of sp³-hybridized carbons (Fsp3) is 0.917. The Bertz CT molecular complexity index is 426. The predicted octanol–water partition coefficient (Wildman–Crippen LogP) is 1.94. The van der Waals surface area contributed by atoms with Gasteiger partial charge in [0, 0.05) is 23.1 Å². The number of hydrogen-bond donors (Lipinski definition) is 1. The third-order valence-electron chi connectivity index (χ3n) is 2.89. The van der Waals surface area contributed by atoms with Crippen LogP contribution in [0.4, 0.5) is 0 Å². The molecular weight excluding hydrogens is 286 g/mol. The monoisotopic (exact) mass is 309 g/mol. The number of carbonyl (C=O) groups is 1. The maximum atomic E-state index is 12.0. The van der Waals surface area contributed by atoms with E-state index >= 15 is 0 Å². The van der Waals surface area contributed by atoms with Crippen LogP contribution in [-0.4, -0.2) is 30.9 Å². The largest absolute Gasteiger partial charge is 0.336 e. The minimum absolute atomic E-state index is 0.00718. The van der Waals surface area contributed by atoms with Gasteiger partial charge in [-0.2, -0.15) is 13.1 Å². The minimum Gasteiger partial charge on any atom is -0.287 e. The SMILES string of the molecule is CC(C)C1COS(=O)(=O)NC1CC(=O)SC(C)(C)C. The molecule has 0 aromatic rings. The zero-order chi connectivity index (χ0) is 14.8. The number of carbonyl (C=O) groups excluding carboxylic acids is 1. The second-order valence-corrected chi connectivity index (χ2v) is 9.43. The molecule has 1 saturated heterocycles. The lowest BCUT2D eigenvalue weighted by molar-refractivity contribution is -0.111. The molecule has 19 heavy (non-hydrogen) atoms. The van der Waals surface area contributed by atoms with Gasteiger partial charge in [-0.15, -0.1) is 0 Å². The molecule has 0 amide bonds. The van der Waals surface area contributed by atoms with Crippen molar-refractivity contribution in [2.45, 2.75) is 51.8 Å². The summed E-state index contributed by atoms with van der Waals surface area (Å²) in [4.78, 5) is 12.0. The summed E-state index contributed by atoms with van der Waals surface area (Å²) in [5, 5.41) is 0.00718. The molecule has 0 saturated carbocycles. The minimum atomic E-state index is -3.70. The van der Waals surface area contributed by atoms with Gasteiger partial charge in [-0.25, -0.2) is 0 Å². The lowest BCUT2D eigenvalue weighted by Gasteiger charge is -2.34. The molecule has 0 spiro atoms. The van der Waals surface area contributed by atoms with E-state index in [0.29, 0.717) is 0 Å². The summed E-state index contributed by atoms with van der Waals surface area (Å²) in [5.74, 6) is 0.272. The molecule has 7 heteroatoms. The molecule has 0 aromatic heterocycles. The summed E-state index contributed by atoms with van der Waals surface area (Å²) in [6, 6.07) is -0.374. The molecule has 0 radical (unpaired) electrons. The smallest absolute Gasteiger partial charge is 0.287 e. The first kappa shape index (κ1) is 16.9. The van der Waals surface area contributed by atoms with Crippen molar-refractivity contribution in [1.82, 2.24) is 4.72 Å². The number of thioether (sulfide) groups is 1. The zero-order valence-corrected chi connectivity index (χ0v) is 13.7. The Morgan fingerprint density at radius 3 is 2.47 bits per heavy atom. The Labute approximate surface area is 120 Å². The van der Waals surface area contributed by atoms with Gasteiger partial charge >= 0.3 is 10.3 Å². The number of hydrogen-bond acceptors (Lipinski definition) is 5. The van der Waals surface area contributed by atoms with E-state index in [0.717, 1.165) is 0 Å². The van der Waals surface area contributed by atoms with Crippen LogP contribution in [0, 0.1) is 11.8 Å². The van der Waals surface area contributed by atoms with Crippen molar-refractivity contribution in [3.8, 4) is 0 Å².